The van der Waals surface area contributed by atoms with Crippen LogP contribution in [0.1, 0.15) is 105 Å². The summed E-state index contributed by atoms with van der Waals surface area (Å²) in [7, 11) is 0. The van der Waals surface area contributed by atoms with Crippen LogP contribution in [0.2, 0.25) is 0 Å². The molecule has 0 heteroatoms. The summed E-state index contributed by atoms with van der Waals surface area (Å²) in [6.07, 6.45) is 22.3. The van der Waals surface area contributed by atoms with Crippen LogP contribution in [0.4, 0.5) is 0 Å². The molecule has 0 aliphatic heterocycles. The van der Waals surface area contributed by atoms with E-state index in [9.17, 15) is 0 Å². The van der Waals surface area contributed by atoms with Gasteiger partial charge in [0.2, 0.25) is 0 Å². The summed E-state index contributed by atoms with van der Waals surface area (Å²) in [4.78, 5) is 0. The Morgan fingerprint density at radius 2 is 1.00 bits per heavy atom. The molecule has 0 aromatic carbocycles. The topological polar surface area (TPSA) is 0 Å². The molecule has 0 nitrogen and oxygen atoms in total. The first kappa shape index (κ1) is 18.3. The van der Waals surface area contributed by atoms with Crippen LogP contribution in [0.15, 0.2) is 23.3 Å². The quantitative estimate of drug-likeness (QED) is 0.320. The van der Waals surface area contributed by atoms with Gasteiger partial charge >= 0.3 is 0 Å². The van der Waals surface area contributed by atoms with Crippen molar-refractivity contribution in [1.29, 1.82) is 0 Å². The van der Waals surface area contributed by atoms with Gasteiger partial charge in [-0.3, -0.25) is 0 Å². The number of hydrogen-bond acceptors (Lipinski definition) is 0. The lowest BCUT2D eigenvalue weighted by Crippen LogP contribution is -2.72. The lowest BCUT2D eigenvalue weighted by atomic mass is 9.24. The molecule has 24 heavy (non-hydrogen) atoms. The van der Waals surface area contributed by atoms with Gasteiger partial charge in [0, 0.05) is 10.8 Å². The number of hydrogen-bond donors (Lipinski definition) is 0. The molecule has 0 bridgehead atoms. The molecule has 0 aromatic heterocycles. The van der Waals surface area contributed by atoms with Crippen LogP contribution < -0.4 is 0 Å². The zero-order chi connectivity index (χ0) is 17.2. The summed E-state index contributed by atoms with van der Waals surface area (Å²) in [6.45, 7) is 9.41. The number of allylic oxidation sites excluding steroid dienone is 4. The van der Waals surface area contributed by atoms with Gasteiger partial charge in [-0.05, 0) is 50.4 Å². The maximum Gasteiger partial charge on any atom is 0.00529 e. The van der Waals surface area contributed by atoms with E-state index in [4.69, 9.17) is 0 Å². The molecule has 1 fully saturated rings. The summed E-state index contributed by atoms with van der Waals surface area (Å²) in [5, 5.41) is 0. The highest BCUT2D eigenvalue weighted by molar-refractivity contribution is 5.54. The van der Waals surface area contributed by atoms with Crippen LogP contribution in [-0.2, 0) is 0 Å². The molecule has 0 amide bonds. The maximum atomic E-state index is 2.79. The third-order valence-corrected chi connectivity index (χ3v) is 7.52. The highest BCUT2D eigenvalue weighted by Crippen LogP contribution is 2.83. The van der Waals surface area contributed by atoms with E-state index in [1.165, 1.54) is 77.0 Å². The van der Waals surface area contributed by atoms with E-state index in [0.717, 1.165) is 11.8 Å². The van der Waals surface area contributed by atoms with E-state index in [0.29, 0.717) is 10.8 Å². The molecule has 0 spiro atoms. The molecule has 136 valence electrons. The predicted octanol–water partition coefficient (Wildman–Crippen LogP) is 7.85. The molecule has 3 aliphatic rings. The van der Waals surface area contributed by atoms with Crippen LogP contribution >= 0.6 is 0 Å². The van der Waals surface area contributed by atoms with Crippen LogP contribution in [0, 0.1) is 22.7 Å². The first-order valence-electron chi connectivity index (χ1n) is 11.1. The lowest BCUT2D eigenvalue weighted by molar-refractivity contribution is -0.173. The van der Waals surface area contributed by atoms with Crippen molar-refractivity contribution in [3.8, 4) is 0 Å². The minimum Gasteiger partial charge on any atom is -0.0773 e. The second kappa shape index (κ2) is 7.38. The summed E-state index contributed by atoms with van der Waals surface area (Å²) in [6, 6.07) is 0. The van der Waals surface area contributed by atoms with Crippen molar-refractivity contribution in [2.45, 2.75) is 105 Å². The Labute approximate surface area is 151 Å². The van der Waals surface area contributed by atoms with E-state index in [1.54, 1.807) is 0 Å². The third-order valence-electron chi connectivity index (χ3n) is 7.52. The van der Waals surface area contributed by atoms with Crippen LogP contribution in [-0.4, -0.2) is 0 Å². The Balaban J connectivity index is 1.82. The fourth-order valence-corrected chi connectivity index (χ4v) is 6.34. The fraction of sp³-hybridized carbons (Fsp3) is 0.833. The highest BCUT2D eigenvalue weighted by Gasteiger charge is 2.76. The van der Waals surface area contributed by atoms with E-state index in [2.05, 4.69) is 39.8 Å². The van der Waals surface area contributed by atoms with Crippen molar-refractivity contribution in [1.82, 2.24) is 0 Å². The maximum absolute atomic E-state index is 2.79. The van der Waals surface area contributed by atoms with Gasteiger partial charge in [0.15, 0.2) is 0 Å². The van der Waals surface area contributed by atoms with Crippen molar-refractivity contribution in [3.05, 3.63) is 23.3 Å². The third kappa shape index (κ3) is 2.46. The van der Waals surface area contributed by atoms with Gasteiger partial charge in [0.1, 0.15) is 0 Å². The number of fused-ring (bicyclic) bond motifs is 4. The second-order valence-electron chi connectivity index (χ2n) is 8.89. The Morgan fingerprint density at radius 3 is 1.33 bits per heavy atom. The van der Waals surface area contributed by atoms with Crippen molar-refractivity contribution < 1.29 is 0 Å². The van der Waals surface area contributed by atoms with Crippen molar-refractivity contribution >= 4 is 0 Å². The first-order chi connectivity index (χ1) is 11.7. The van der Waals surface area contributed by atoms with Gasteiger partial charge in [-0.2, -0.15) is 0 Å². The molecular weight excluding hydrogens is 288 g/mol. The fourth-order valence-electron chi connectivity index (χ4n) is 6.34. The summed E-state index contributed by atoms with van der Waals surface area (Å²) in [5.41, 5.74) is 4.88. The summed E-state index contributed by atoms with van der Waals surface area (Å²) < 4.78 is 0. The summed E-state index contributed by atoms with van der Waals surface area (Å²) in [5.74, 6) is 1.90. The zero-order valence-corrected chi connectivity index (χ0v) is 16.8. The molecule has 0 radical (unpaired) electrons. The normalized spacial score (nSPS) is 35.8. The largest absolute Gasteiger partial charge is 0.0773 e. The number of unbranched alkanes of at least 4 members (excludes halogenated alkanes) is 4. The Hall–Kier alpha value is -0.520. The minimum absolute atomic E-state index is 0.585. The van der Waals surface area contributed by atoms with E-state index in [-0.39, 0.29) is 0 Å². The minimum atomic E-state index is 0.585. The van der Waals surface area contributed by atoms with Gasteiger partial charge in [-0.25, -0.2) is 0 Å². The van der Waals surface area contributed by atoms with E-state index < -0.39 is 0 Å². The second-order valence-corrected chi connectivity index (χ2v) is 8.89. The van der Waals surface area contributed by atoms with Crippen molar-refractivity contribution in [2.75, 3.05) is 0 Å². The molecular formula is C24H40. The Morgan fingerprint density at radius 1 is 0.625 bits per heavy atom. The molecule has 4 unspecified atom stereocenters. The molecule has 0 aromatic rings. The number of rotatable bonds is 12. The zero-order valence-electron chi connectivity index (χ0n) is 16.8. The summed E-state index contributed by atoms with van der Waals surface area (Å²) >= 11 is 0. The molecule has 0 heterocycles. The molecule has 4 atom stereocenters. The lowest BCUT2D eigenvalue weighted by Gasteiger charge is -2.79. The van der Waals surface area contributed by atoms with Crippen LogP contribution in [0.5, 0.6) is 0 Å². The SMILES string of the molecule is CCCCC1=CC2(CCCC)C1C1C(CCCC)=CC12CCCC. The first-order valence-corrected chi connectivity index (χ1v) is 11.1. The van der Waals surface area contributed by atoms with Gasteiger partial charge < -0.3 is 0 Å². The Bertz CT molecular complexity index is 450. The Kier molecular flexibility index (Phi) is 5.62. The average molecular weight is 329 g/mol. The molecule has 3 aliphatic carbocycles. The van der Waals surface area contributed by atoms with E-state index in [1.807, 2.05) is 11.1 Å². The molecule has 3 rings (SSSR count). The van der Waals surface area contributed by atoms with Crippen molar-refractivity contribution in [3.63, 3.8) is 0 Å². The predicted molar refractivity (Wildman–Crippen MR) is 106 cm³/mol. The molecule has 1 saturated carbocycles. The van der Waals surface area contributed by atoms with Gasteiger partial charge in [-0.1, -0.05) is 89.5 Å². The standard InChI is InChI=1S/C24H40/c1-5-9-13-19-17-23(15-11-7-3)21(19)22-20(14-10-6-2)18-24(22,23)16-12-8-4/h17-18,21-22H,5-16H2,1-4H3. The molecule has 0 N–H and O–H groups in total. The van der Waals surface area contributed by atoms with Crippen molar-refractivity contribution in [2.24, 2.45) is 22.7 Å². The van der Waals surface area contributed by atoms with Crippen LogP contribution in [0.3, 0.4) is 0 Å². The van der Waals surface area contributed by atoms with Gasteiger partial charge in [0.25, 0.3) is 0 Å². The van der Waals surface area contributed by atoms with Gasteiger partial charge in [-0.15, -0.1) is 0 Å². The monoisotopic (exact) mass is 328 g/mol. The smallest absolute Gasteiger partial charge is 0.00529 e. The van der Waals surface area contributed by atoms with Gasteiger partial charge in [0.05, 0.1) is 0 Å². The van der Waals surface area contributed by atoms with E-state index >= 15 is 0 Å². The average Bonchev–Trinajstić information content (AvgIpc) is 2.58. The molecule has 0 saturated heterocycles. The highest BCUT2D eigenvalue weighted by atomic mass is 14.8. The van der Waals surface area contributed by atoms with Crippen LogP contribution in [0.25, 0.3) is 0 Å².